The highest BCUT2D eigenvalue weighted by molar-refractivity contribution is 7.98. The number of rotatable bonds is 6. The molecule has 0 saturated carbocycles. The maximum Gasteiger partial charge on any atom is 0.0184 e. The molecule has 1 aromatic rings. The monoisotopic (exact) mass is 226 g/mol. The van der Waals surface area contributed by atoms with Gasteiger partial charge >= 0.3 is 0 Å². The van der Waals surface area contributed by atoms with Gasteiger partial charge in [-0.1, -0.05) is 31.2 Å². The van der Waals surface area contributed by atoms with Gasteiger partial charge in [0.1, 0.15) is 0 Å². The molecule has 0 radical (unpaired) electrons. The SMILES string of the molecule is CCCSCc1cccc(CSC)c1. The van der Waals surface area contributed by atoms with Gasteiger partial charge in [-0.05, 0) is 29.6 Å². The predicted molar refractivity (Wildman–Crippen MR) is 70.1 cm³/mol. The van der Waals surface area contributed by atoms with E-state index in [1.165, 1.54) is 23.3 Å². The Hall–Kier alpha value is -0.0800. The summed E-state index contributed by atoms with van der Waals surface area (Å²) in [4.78, 5) is 0. The first-order valence-corrected chi connectivity index (χ1v) is 7.56. The predicted octanol–water partition coefficient (Wildman–Crippen LogP) is 4.19. The smallest absolute Gasteiger partial charge is 0.0184 e. The lowest BCUT2D eigenvalue weighted by Gasteiger charge is -2.03. The van der Waals surface area contributed by atoms with Crippen molar-refractivity contribution in [2.24, 2.45) is 0 Å². The normalized spacial score (nSPS) is 10.4. The Morgan fingerprint density at radius 2 is 1.86 bits per heavy atom. The zero-order valence-electron chi connectivity index (χ0n) is 8.95. The molecule has 1 aromatic carbocycles. The van der Waals surface area contributed by atoms with Crippen LogP contribution >= 0.6 is 23.5 Å². The van der Waals surface area contributed by atoms with Crippen LogP contribution in [0, 0.1) is 0 Å². The van der Waals surface area contributed by atoms with E-state index in [4.69, 9.17) is 0 Å². The van der Waals surface area contributed by atoms with Crippen molar-refractivity contribution in [3.05, 3.63) is 35.4 Å². The molecule has 0 aliphatic heterocycles. The third-order valence-corrected chi connectivity index (χ3v) is 3.78. The first-order chi connectivity index (χ1) is 6.86. The minimum atomic E-state index is 1.13. The Labute approximate surface area is 95.9 Å². The lowest BCUT2D eigenvalue weighted by molar-refractivity contribution is 1.10. The zero-order valence-corrected chi connectivity index (χ0v) is 10.6. The molecule has 0 amide bonds. The molecule has 0 fully saturated rings. The third-order valence-electron chi connectivity index (χ3n) is 1.92. The number of benzene rings is 1. The summed E-state index contributed by atoms with van der Waals surface area (Å²) in [5, 5.41) is 0. The van der Waals surface area contributed by atoms with Gasteiger partial charge in [0.25, 0.3) is 0 Å². The molecule has 78 valence electrons. The van der Waals surface area contributed by atoms with Crippen molar-refractivity contribution in [1.82, 2.24) is 0 Å². The summed E-state index contributed by atoms with van der Waals surface area (Å²) in [5.74, 6) is 3.56. The van der Waals surface area contributed by atoms with E-state index >= 15 is 0 Å². The summed E-state index contributed by atoms with van der Waals surface area (Å²) < 4.78 is 0. The molecule has 0 aliphatic carbocycles. The molecule has 0 N–H and O–H groups in total. The second kappa shape index (κ2) is 7.24. The quantitative estimate of drug-likeness (QED) is 0.667. The summed E-state index contributed by atoms with van der Waals surface area (Å²) in [7, 11) is 0. The Morgan fingerprint density at radius 3 is 2.50 bits per heavy atom. The largest absolute Gasteiger partial charge is 0.161 e. The number of hydrogen-bond acceptors (Lipinski definition) is 2. The molecule has 2 heteroatoms. The lowest BCUT2D eigenvalue weighted by atomic mass is 10.2. The molecule has 0 unspecified atom stereocenters. The van der Waals surface area contributed by atoms with Gasteiger partial charge in [-0.25, -0.2) is 0 Å². The van der Waals surface area contributed by atoms with E-state index in [1.807, 2.05) is 23.5 Å². The summed E-state index contributed by atoms with van der Waals surface area (Å²) in [6.45, 7) is 2.23. The summed E-state index contributed by atoms with van der Waals surface area (Å²) in [5.41, 5.74) is 2.92. The third kappa shape index (κ3) is 4.43. The Balaban J connectivity index is 2.46. The fourth-order valence-electron chi connectivity index (χ4n) is 1.31. The first kappa shape index (κ1) is 12.0. The number of hydrogen-bond donors (Lipinski definition) is 0. The Kier molecular flexibility index (Phi) is 6.20. The van der Waals surface area contributed by atoms with Crippen LogP contribution in [-0.2, 0) is 11.5 Å². The molecule has 1 rings (SSSR count). The van der Waals surface area contributed by atoms with Crippen LogP contribution in [0.5, 0.6) is 0 Å². The molecule has 0 saturated heterocycles. The van der Waals surface area contributed by atoms with Crippen molar-refractivity contribution in [2.45, 2.75) is 24.9 Å². The Morgan fingerprint density at radius 1 is 1.14 bits per heavy atom. The topological polar surface area (TPSA) is 0 Å². The maximum absolute atomic E-state index is 2.33. The van der Waals surface area contributed by atoms with E-state index in [-0.39, 0.29) is 0 Å². The highest BCUT2D eigenvalue weighted by atomic mass is 32.2. The standard InChI is InChI=1S/C12H18S2/c1-3-7-14-10-12-6-4-5-11(8-12)9-13-2/h4-6,8H,3,7,9-10H2,1-2H3. The van der Waals surface area contributed by atoms with Crippen molar-refractivity contribution in [2.75, 3.05) is 12.0 Å². The van der Waals surface area contributed by atoms with Crippen molar-refractivity contribution in [3.63, 3.8) is 0 Å². The molecular formula is C12H18S2. The molecule has 0 heterocycles. The van der Waals surface area contributed by atoms with Crippen molar-refractivity contribution in [3.8, 4) is 0 Å². The van der Waals surface area contributed by atoms with Crippen molar-refractivity contribution >= 4 is 23.5 Å². The van der Waals surface area contributed by atoms with Gasteiger partial charge in [0.2, 0.25) is 0 Å². The highest BCUT2D eigenvalue weighted by Crippen LogP contribution is 2.16. The van der Waals surface area contributed by atoms with Gasteiger partial charge in [0.05, 0.1) is 0 Å². The lowest BCUT2D eigenvalue weighted by Crippen LogP contribution is -1.85. The van der Waals surface area contributed by atoms with Crippen LogP contribution < -0.4 is 0 Å². The zero-order chi connectivity index (χ0) is 10.2. The molecule has 0 bridgehead atoms. The molecule has 0 aromatic heterocycles. The van der Waals surface area contributed by atoms with Crippen LogP contribution in [0.3, 0.4) is 0 Å². The minimum absolute atomic E-state index is 1.13. The summed E-state index contributed by atoms with van der Waals surface area (Å²) in [6, 6.07) is 8.95. The van der Waals surface area contributed by atoms with Crippen LogP contribution in [0.15, 0.2) is 24.3 Å². The fourth-order valence-corrected chi connectivity index (χ4v) is 2.67. The number of thioether (sulfide) groups is 2. The molecule has 0 aliphatic rings. The molecule has 0 nitrogen and oxygen atoms in total. The Bertz CT molecular complexity index is 258. The van der Waals surface area contributed by atoms with E-state index in [0.717, 1.165) is 11.5 Å². The second-order valence-corrected chi connectivity index (χ2v) is 5.28. The average Bonchev–Trinajstić information content (AvgIpc) is 2.19. The molecular weight excluding hydrogens is 208 g/mol. The van der Waals surface area contributed by atoms with E-state index in [0.29, 0.717) is 0 Å². The van der Waals surface area contributed by atoms with E-state index in [2.05, 4.69) is 37.4 Å². The average molecular weight is 226 g/mol. The van der Waals surface area contributed by atoms with E-state index < -0.39 is 0 Å². The molecule has 0 atom stereocenters. The van der Waals surface area contributed by atoms with Gasteiger partial charge in [-0.2, -0.15) is 23.5 Å². The van der Waals surface area contributed by atoms with E-state index in [9.17, 15) is 0 Å². The molecule has 0 spiro atoms. The maximum atomic E-state index is 2.33. The molecule has 14 heavy (non-hydrogen) atoms. The van der Waals surface area contributed by atoms with Gasteiger partial charge in [0, 0.05) is 11.5 Å². The van der Waals surface area contributed by atoms with Gasteiger partial charge in [0.15, 0.2) is 0 Å². The summed E-state index contributed by atoms with van der Waals surface area (Å²) >= 11 is 3.91. The van der Waals surface area contributed by atoms with Gasteiger partial charge in [-0.3, -0.25) is 0 Å². The van der Waals surface area contributed by atoms with E-state index in [1.54, 1.807) is 0 Å². The van der Waals surface area contributed by atoms with Crippen molar-refractivity contribution < 1.29 is 0 Å². The minimum Gasteiger partial charge on any atom is -0.161 e. The van der Waals surface area contributed by atoms with Crippen LogP contribution in [0.4, 0.5) is 0 Å². The summed E-state index contributed by atoms with van der Waals surface area (Å²) in [6.07, 6.45) is 3.42. The van der Waals surface area contributed by atoms with Crippen molar-refractivity contribution in [1.29, 1.82) is 0 Å². The van der Waals surface area contributed by atoms with Gasteiger partial charge < -0.3 is 0 Å². The first-order valence-electron chi connectivity index (χ1n) is 5.01. The van der Waals surface area contributed by atoms with Crippen LogP contribution in [0.1, 0.15) is 24.5 Å². The second-order valence-electron chi connectivity index (χ2n) is 3.31. The van der Waals surface area contributed by atoms with Gasteiger partial charge in [-0.15, -0.1) is 0 Å². The van der Waals surface area contributed by atoms with Crippen LogP contribution in [0.2, 0.25) is 0 Å². The van der Waals surface area contributed by atoms with Crippen LogP contribution in [0.25, 0.3) is 0 Å². The van der Waals surface area contributed by atoms with Crippen LogP contribution in [-0.4, -0.2) is 12.0 Å². The highest BCUT2D eigenvalue weighted by Gasteiger charge is 1.95. The fraction of sp³-hybridized carbons (Fsp3) is 0.500.